The summed E-state index contributed by atoms with van der Waals surface area (Å²) in [5.74, 6) is -1.02. The van der Waals surface area contributed by atoms with Crippen molar-refractivity contribution in [1.82, 2.24) is 4.90 Å². The highest BCUT2D eigenvalue weighted by atomic mass is 16.4. The minimum atomic E-state index is -0.922. The molecule has 5 nitrogen and oxygen atoms in total. The molecule has 1 aliphatic heterocycles. The van der Waals surface area contributed by atoms with E-state index in [1.165, 1.54) is 4.90 Å². The third kappa shape index (κ3) is 1.79. The van der Waals surface area contributed by atoms with Crippen molar-refractivity contribution in [2.45, 2.75) is 57.4 Å². The van der Waals surface area contributed by atoms with Crippen LogP contribution in [0, 0.1) is 17.8 Å². The van der Waals surface area contributed by atoms with E-state index >= 15 is 0 Å². The number of aliphatic carboxylic acids is 1. The number of rotatable bonds is 4. The van der Waals surface area contributed by atoms with Crippen LogP contribution in [0.5, 0.6) is 0 Å². The molecule has 0 aromatic carbocycles. The number of imide groups is 1. The predicted molar refractivity (Wildman–Crippen MR) is 70.7 cm³/mol. The van der Waals surface area contributed by atoms with Crippen molar-refractivity contribution in [2.75, 3.05) is 0 Å². The van der Waals surface area contributed by atoms with Crippen molar-refractivity contribution in [3.63, 3.8) is 0 Å². The van der Waals surface area contributed by atoms with E-state index in [4.69, 9.17) is 5.11 Å². The average molecular weight is 279 g/mol. The summed E-state index contributed by atoms with van der Waals surface area (Å²) < 4.78 is 0. The molecule has 0 aromatic heterocycles. The van der Waals surface area contributed by atoms with E-state index in [2.05, 4.69) is 6.92 Å². The van der Waals surface area contributed by atoms with Gasteiger partial charge in [0, 0.05) is 0 Å². The quantitative estimate of drug-likeness (QED) is 0.796. The summed E-state index contributed by atoms with van der Waals surface area (Å²) >= 11 is 0. The fraction of sp³-hybridized carbons (Fsp3) is 0.800. The third-order valence-corrected chi connectivity index (χ3v) is 5.55. The van der Waals surface area contributed by atoms with Gasteiger partial charge in [-0.05, 0) is 38.0 Å². The average Bonchev–Trinajstić information content (AvgIpc) is 2.86. The fourth-order valence-corrected chi connectivity index (χ4v) is 4.28. The number of carbonyl (C=O) groups excluding carboxylic acids is 2. The van der Waals surface area contributed by atoms with E-state index in [0.717, 1.165) is 25.7 Å². The molecule has 2 aliphatic carbocycles. The van der Waals surface area contributed by atoms with Crippen LogP contribution in [0.1, 0.15) is 51.9 Å². The summed E-state index contributed by atoms with van der Waals surface area (Å²) in [5.41, 5.74) is -0.716. The van der Waals surface area contributed by atoms with Crippen LogP contribution in [0.15, 0.2) is 0 Å². The van der Waals surface area contributed by atoms with Gasteiger partial charge in [0.05, 0.1) is 23.8 Å². The van der Waals surface area contributed by atoms with E-state index in [1.807, 2.05) is 0 Å². The van der Waals surface area contributed by atoms with Gasteiger partial charge in [0.25, 0.3) is 0 Å². The molecule has 1 heterocycles. The number of carboxylic acids is 1. The molecule has 1 N–H and O–H groups in total. The lowest BCUT2D eigenvalue weighted by Crippen LogP contribution is -2.57. The van der Waals surface area contributed by atoms with Crippen LogP contribution >= 0.6 is 0 Å². The first kappa shape index (κ1) is 13.6. The van der Waals surface area contributed by atoms with Crippen LogP contribution in [-0.4, -0.2) is 33.3 Å². The fourth-order valence-electron chi connectivity index (χ4n) is 4.28. The smallest absolute Gasteiger partial charge is 0.305 e. The van der Waals surface area contributed by atoms with Crippen molar-refractivity contribution in [3.8, 4) is 0 Å². The molecule has 0 aromatic rings. The lowest BCUT2D eigenvalue weighted by atomic mass is 9.73. The number of amides is 2. The molecule has 3 aliphatic rings. The second-order valence-corrected chi connectivity index (χ2v) is 6.62. The molecule has 3 rings (SSSR count). The zero-order valence-electron chi connectivity index (χ0n) is 11.8. The zero-order chi connectivity index (χ0) is 14.5. The number of nitrogens with zero attached hydrogens (tertiary/aromatic N) is 1. The molecule has 5 heteroatoms. The summed E-state index contributed by atoms with van der Waals surface area (Å²) in [5, 5.41) is 9.08. The van der Waals surface area contributed by atoms with Gasteiger partial charge in [-0.1, -0.05) is 13.3 Å². The number of fused-ring (bicyclic) bond motifs is 1. The van der Waals surface area contributed by atoms with Crippen LogP contribution in [0.3, 0.4) is 0 Å². The largest absolute Gasteiger partial charge is 0.481 e. The molecule has 1 saturated heterocycles. The molecule has 0 radical (unpaired) electrons. The Bertz CT molecular complexity index is 444. The summed E-state index contributed by atoms with van der Waals surface area (Å²) in [6, 6.07) is 0. The van der Waals surface area contributed by atoms with Crippen LogP contribution < -0.4 is 0 Å². The predicted octanol–water partition coefficient (Wildman–Crippen LogP) is 1.80. The maximum absolute atomic E-state index is 12.6. The summed E-state index contributed by atoms with van der Waals surface area (Å²) in [7, 11) is 0. The first-order valence-electron chi connectivity index (χ1n) is 7.58. The molecule has 0 spiro atoms. The van der Waals surface area contributed by atoms with Gasteiger partial charge >= 0.3 is 5.97 Å². The molecule has 20 heavy (non-hydrogen) atoms. The second-order valence-electron chi connectivity index (χ2n) is 6.62. The van der Waals surface area contributed by atoms with E-state index in [9.17, 15) is 14.4 Å². The van der Waals surface area contributed by atoms with Gasteiger partial charge in [-0.25, -0.2) is 0 Å². The molecule has 2 atom stereocenters. The Labute approximate surface area is 118 Å². The Morgan fingerprint density at radius 1 is 1.25 bits per heavy atom. The molecule has 3 fully saturated rings. The van der Waals surface area contributed by atoms with Crippen LogP contribution in [-0.2, 0) is 14.4 Å². The lowest BCUT2D eigenvalue weighted by molar-refractivity contribution is -0.156. The minimum Gasteiger partial charge on any atom is -0.481 e. The van der Waals surface area contributed by atoms with Gasteiger partial charge in [-0.2, -0.15) is 0 Å². The Kier molecular flexibility index (Phi) is 3.10. The van der Waals surface area contributed by atoms with Crippen molar-refractivity contribution in [2.24, 2.45) is 17.8 Å². The van der Waals surface area contributed by atoms with Crippen LogP contribution in [0.4, 0.5) is 0 Å². The zero-order valence-corrected chi connectivity index (χ0v) is 11.8. The maximum Gasteiger partial charge on any atom is 0.305 e. The highest BCUT2D eigenvalue weighted by molar-refractivity contribution is 6.06. The molecule has 2 amide bonds. The molecule has 0 bridgehead atoms. The van der Waals surface area contributed by atoms with Gasteiger partial charge in [0.1, 0.15) is 0 Å². The standard InChI is InChI=1S/C15H21NO4/c1-2-9-6-10-11(7-9)14(20)16(13(10)19)15(4-3-5-15)8-12(17)18/h9-11H,2-8H2,1H3,(H,17,18). The Morgan fingerprint density at radius 2 is 1.80 bits per heavy atom. The summed E-state index contributed by atoms with van der Waals surface area (Å²) in [6.07, 6.45) is 4.70. The number of hydrogen-bond donors (Lipinski definition) is 1. The third-order valence-electron chi connectivity index (χ3n) is 5.55. The molecule has 110 valence electrons. The summed E-state index contributed by atoms with van der Waals surface area (Å²) in [4.78, 5) is 37.6. The van der Waals surface area contributed by atoms with Gasteiger partial charge in [0.15, 0.2) is 0 Å². The first-order valence-corrected chi connectivity index (χ1v) is 7.58. The molecular weight excluding hydrogens is 258 g/mol. The van der Waals surface area contributed by atoms with Gasteiger partial charge < -0.3 is 5.11 Å². The second kappa shape index (κ2) is 4.57. The Balaban J connectivity index is 1.84. The van der Waals surface area contributed by atoms with E-state index in [0.29, 0.717) is 18.8 Å². The molecule has 2 saturated carbocycles. The Morgan fingerprint density at radius 3 is 2.15 bits per heavy atom. The number of hydrogen-bond acceptors (Lipinski definition) is 3. The van der Waals surface area contributed by atoms with Gasteiger partial charge in [0.2, 0.25) is 11.8 Å². The number of carboxylic acid groups (broad SMARTS) is 1. The molecule has 2 unspecified atom stereocenters. The topological polar surface area (TPSA) is 74.7 Å². The van der Waals surface area contributed by atoms with Crippen molar-refractivity contribution >= 4 is 17.8 Å². The molecular formula is C15H21NO4. The van der Waals surface area contributed by atoms with Gasteiger partial charge in [-0.3, -0.25) is 19.3 Å². The van der Waals surface area contributed by atoms with Crippen molar-refractivity contribution < 1.29 is 19.5 Å². The van der Waals surface area contributed by atoms with Crippen molar-refractivity contribution in [1.29, 1.82) is 0 Å². The highest BCUT2D eigenvalue weighted by Gasteiger charge is 2.60. The Hall–Kier alpha value is -1.39. The summed E-state index contributed by atoms with van der Waals surface area (Å²) in [6.45, 7) is 2.09. The highest BCUT2D eigenvalue weighted by Crippen LogP contribution is 2.50. The van der Waals surface area contributed by atoms with Crippen LogP contribution in [0.25, 0.3) is 0 Å². The lowest BCUT2D eigenvalue weighted by Gasteiger charge is -2.47. The monoisotopic (exact) mass is 279 g/mol. The van der Waals surface area contributed by atoms with Gasteiger partial charge in [-0.15, -0.1) is 0 Å². The SMILES string of the molecule is CCC1CC2C(=O)N(C3(CC(=O)O)CCC3)C(=O)C2C1. The number of carbonyl (C=O) groups is 3. The van der Waals surface area contributed by atoms with E-state index in [-0.39, 0.29) is 30.1 Å². The van der Waals surface area contributed by atoms with E-state index < -0.39 is 11.5 Å². The van der Waals surface area contributed by atoms with Crippen molar-refractivity contribution in [3.05, 3.63) is 0 Å². The van der Waals surface area contributed by atoms with Crippen LogP contribution in [0.2, 0.25) is 0 Å². The number of likely N-dealkylation sites (tertiary alicyclic amines) is 1. The first-order chi connectivity index (χ1) is 9.48. The normalized spacial score (nSPS) is 35.0. The minimum absolute atomic E-state index is 0.0961. The van der Waals surface area contributed by atoms with E-state index in [1.54, 1.807) is 0 Å². The maximum atomic E-state index is 12.6.